The molecule has 0 aromatic heterocycles. The molecule has 0 saturated carbocycles. The van der Waals surface area contributed by atoms with Gasteiger partial charge >= 0.3 is 29.8 Å². The topological polar surface area (TPSA) is 183 Å². The van der Waals surface area contributed by atoms with Gasteiger partial charge in [-0.25, -0.2) is 4.79 Å². The molecular weight excluding hydrogens is 522 g/mol. The molecule has 1 aliphatic heterocycles. The van der Waals surface area contributed by atoms with Crippen molar-refractivity contribution in [1.29, 1.82) is 0 Å². The molecule has 1 aromatic carbocycles. The van der Waals surface area contributed by atoms with Gasteiger partial charge in [-0.05, 0) is 29.8 Å². The Morgan fingerprint density at radius 3 is 1.97 bits per heavy atom. The highest BCUT2D eigenvalue weighted by atomic mass is 16.7. The number of carboxylic acid groups (broad SMARTS) is 1. The van der Waals surface area contributed by atoms with E-state index in [1.165, 1.54) is 13.3 Å². The molecular formula is C25H31NO13. The molecule has 2 rings (SSSR count). The third kappa shape index (κ3) is 9.98. The number of aliphatic carboxylic acids is 1. The van der Waals surface area contributed by atoms with Crippen molar-refractivity contribution in [2.75, 3.05) is 20.3 Å². The van der Waals surface area contributed by atoms with Gasteiger partial charge < -0.3 is 38.3 Å². The number of benzene rings is 1. The molecule has 1 N–H and O–H groups in total. The number of carboxylic acids is 1. The van der Waals surface area contributed by atoms with Crippen LogP contribution in [0.2, 0.25) is 0 Å². The van der Waals surface area contributed by atoms with Crippen molar-refractivity contribution < 1.29 is 62.2 Å². The predicted molar refractivity (Wildman–Crippen MR) is 130 cm³/mol. The van der Waals surface area contributed by atoms with Crippen LogP contribution in [0.3, 0.4) is 0 Å². The van der Waals surface area contributed by atoms with Crippen molar-refractivity contribution in [3.63, 3.8) is 0 Å². The normalized spacial score (nSPS) is 23.4. The van der Waals surface area contributed by atoms with Crippen LogP contribution in [0, 0.1) is 0 Å². The smallest absolute Gasteiger partial charge is 0.330 e. The molecule has 0 radical (unpaired) electrons. The van der Waals surface area contributed by atoms with Gasteiger partial charge in [0, 0.05) is 33.9 Å². The number of carbonyl (C=O) groups excluding carboxylic acids is 4. The molecule has 1 aromatic rings. The maximum atomic E-state index is 11.9. The number of hydrogen-bond acceptors (Lipinski definition) is 13. The average Bonchev–Trinajstić information content (AvgIpc) is 2.85. The number of methoxy groups -OCH3 is 1. The fourth-order valence-electron chi connectivity index (χ4n) is 3.55. The number of hydrogen-bond donors (Lipinski definition) is 1. The van der Waals surface area contributed by atoms with Gasteiger partial charge in [0.2, 0.25) is 0 Å². The zero-order valence-corrected chi connectivity index (χ0v) is 22.1. The first-order valence-corrected chi connectivity index (χ1v) is 11.7. The third-order valence-corrected chi connectivity index (χ3v) is 5.17. The minimum absolute atomic E-state index is 0.449. The van der Waals surface area contributed by atoms with Gasteiger partial charge in [-0.1, -0.05) is 0 Å². The molecule has 1 saturated heterocycles. The molecule has 0 unspecified atom stereocenters. The quantitative estimate of drug-likeness (QED) is 0.217. The summed E-state index contributed by atoms with van der Waals surface area (Å²) in [6.07, 6.45) is -5.72. The second-order valence-electron chi connectivity index (χ2n) is 8.31. The van der Waals surface area contributed by atoms with Crippen LogP contribution in [0.1, 0.15) is 33.3 Å². The van der Waals surface area contributed by atoms with Gasteiger partial charge in [-0.3, -0.25) is 24.2 Å². The van der Waals surface area contributed by atoms with Gasteiger partial charge in [0.1, 0.15) is 18.5 Å². The van der Waals surface area contributed by atoms with E-state index in [0.717, 1.165) is 27.7 Å². The molecule has 0 bridgehead atoms. The summed E-state index contributed by atoms with van der Waals surface area (Å²) in [5.41, 5.74) is 0.592. The molecule has 1 fully saturated rings. The Labute approximate surface area is 224 Å². The Morgan fingerprint density at radius 1 is 0.897 bits per heavy atom. The lowest BCUT2D eigenvalue weighted by molar-refractivity contribution is -0.308. The average molecular weight is 554 g/mol. The van der Waals surface area contributed by atoms with Crippen molar-refractivity contribution in [3.05, 3.63) is 29.8 Å². The first-order valence-electron chi connectivity index (χ1n) is 11.7. The van der Waals surface area contributed by atoms with Crippen molar-refractivity contribution in [1.82, 2.24) is 0 Å². The Bertz CT molecular complexity index is 1050. The van der Waals surface area contributed by atoms with Gasteiger partial charge in [0.05, 0.1) is 13.7 Å². The van der Waals surface area contributed by atoms with E-state index in [1.807, 2.05) is 0 Å². The zero-order chi connectivity index (χ0) is 29.1. The molecule has 1 heterocycles. The summed E-state index contributed by atoms with van der Waals surface area (Å²) in [7, 11) is 1.51. The highest BCUT2D eigenvalue weighted by Crippen LogP contribution is 2.30. The number of aliphatic imine (C=N–C) groups is 1. The summed E-state index contributed by atoms with van der Waals surface area (Å²) >= 11 is 0. The van der Waals surface area contributed by atoms with Crippen LogP contribution in [0.25, 0.3) is 0 Å². The second kappa shape index (κ2) is 14.8. The number of ether oxygens (including phenoxy) is 7. The predicted octanol–water partition coefficient (Wildman–Crippen LogP) is 0.667. The van der Waals surface area contributed by atoms with Gasteiger partial charge in [-0.15, -0.1) is 0 Å². The van der Waals surface area contributed by atoms with E-state index in [4.69, 9.17) is 33.2 Å². The summed E-state index contributed by atoms with van der Waals surface area (Å²) in [5.74, 6) is -3.81. The molecule has 14 nitrogen and oxygen atoms in total. The summed E-state index contributed by atoms with van der Waals surface area (Å²) in [6, 6.07) is 5.26. The van der Waals surface area contributed by atoms with Crippen LogP contribution in [0.15, 0.2) is 29.3 Å². The van der Waals surface area contributed by atoms with Crippen molar-refractivity contribution in [2.24, 2.45) is 4.99 Å². The van der Waals surface area contributed by atoms with Crippen molar-refractivity contribution in [2.45, 2.75) is 64.4 Å². The maximum Gasteiger partial charge on any atom is 0.330 e. The van der Waals surface area contributed by atoms with Crippen LogP contribution < -0.4 is 4.74 Å². The van der Waals surface area contributed by atoms with Gasteiger partial charge in [-0.2, -0.15) is 0 Å². The number of rotatable bonds is 12. The molecule has 0 spiro atoms. The molecule has 214 valence electrons. The van der Waals surface area contributed by atoms with Gasteiger partial charge in [0.15, 0.2) is 30.6 Å². The molecule has 1 aliphatic rings. The third-order valence-electron chi connectivity index (χ3n) is 5.17. The van der Waals surface area contributed by atoms with E-state index >= 15 is 0 Å². The first kappa shape index (κ1) is 31.2. The monoisotopic (exact) mass is 553 g/mol. The largest absolute Gasteiger partial charge is 0.497 e. The SMILES string of the molecule is COc1ccc(C=N[C@@H](CO[C@@H]2O[C@H](COC(C)=O)[C@@H](OC(C)=O)[C@H](OC(C)=O)[C@H]2OC(C)=O)C(=O)O)cc1. The first-order chi connectivity index (χ1) is 18.4. The van der Waals surface area contributed by atoms with E-state index in [2.05, 4.69) is 4.99 Å². The minimum atomic E-state index is -1.52. The number of nitrogens with zero attached hydrogens (tertiary/aromatic N) is 1. The highest BCUT2D eigenvalue weighted by Gasteiger charge is 2.53. The lowest BCUT2D eigenvalue weighted by Gasteiger charge is -2.44. The summed E-state index contributed by atoms with van der Waals surface area (Å²) in [6.45, 7) is 3.38. The van der Waals surface area contributed by atoms with E-state index in [9.17, 15) is 29.1 Å². The van der Waals surface area contributed by atoms with Crippen molar-refractivity contribution >= 4 is 36.1 Å². The standard InChI is InChI=1S/C25H31NO13/c1-13(27)34-12-20-21(36-14(2)28)22(37-15(3)29)23(38-16(4)30)25(39-20)35-11-19(24(31)32)26-10-17-6-8-18(33-5)9-7-17/h6-10,19-23,25H,11-12H2,1-5H3,(H,31,32)/t19-,20+,21+,22-,23+,25+/m0/s1. The molecule has 0 amide bonds. The van der Waals surface area contributed by atoms with Crippen molar-refractivity contribution in [3.8, 4) is 5.75 Å². The summed E-state index contributed by atoms with van der Waals surface area (Å²) in [4.78, 5) is 62.9. The fraction of sp³-hybridized carbons (Fsp3) is 0.520. The Kier molecular flexibility index (Phi) is 11.8. The Hall–Kier alpha value is -4.04. The Balaban J connectivity index is 2.33. The van der Waals surface area contributed by atoms with Crippen LogP contribution in [0.4, 0.5) is 0 Å². The summed E-state index contributed by atoms with van der Waals surface area (Å²) < 4.78 is 37.4. The van der Waals surface area contributed by atoms with Crippen LogP contribution >= 0.6 is 0 Å². The van der Waals surface area contributed by atoms with E-state index < -0.39 is 79.8 Å². The zero-order valence-electron chi connectivity index (χ0n) is 22.1. The van der Waals surface area contributed by atoms with E-state index in [1.54, 1.807) is 24.3 Å². The molecule has 6 atom stereocenters. The van der Waals surface area contributed by atoms with Gasteiger partial charge in [0.25, 0.3) is 0 Å². The molecule has 14 heteroatoms. The Morgan fingerprint density at radius 2 is 1.46 bits per heavy atom. The molecule has 0 aliphatic carbocycles. The number of carbonyl (C=O) groups is 5. The fourth-order valence-corrected chi connectivity index (χ4v) is 3.55. The number of esters is 4. The van der Waals surface area contributed by atoms with Crippen LogP contribution in [0.5, 0.6) is 5.75 Å². The van der Waals surface area contributed by atoms with E-state index in [0.29, 0.717) is 11.3 Å². The lowest BCUT2D eigenvalue weighted by atomic mass is 9.98. The lowest BCUT2D eigenvalue weighted by Crippen LogP contribution is -2.63. The minimum Gasteiger partial charge on any atom is -0.497 e. The van der Waals surface area contributed by atoms with E-state index in [-0.39, 0.29) is 0 Å². The second-order valence-corrected chi connectivity index (χ2v) is 8.31. The van der Waals surface area contributed by atoms with Crippen LogP contribution in [-0.2, 0) is 52.4 Å². The summed E-state index contributed by atoms with van der Waals surface area (Å²) in [5, 5.41) is 9.66. The maximum absolute atomic E-state index is 11.9. The molecule has 39 heavy (non-hydrogen) atoms. The van der Waals surface area contributed by atoms with Crippen LogP contribution in [-0.4, -0.2) is 98.2 Å². The highest BCUT2D eigenvalue weighted by molar-refractivity contribution is 5.83.